The number of rotatable bonds is 5. The van der Waals surface area contributed by atoms with E-state index < -0.39 is 17.5 Å². The summed E-state index contributed by atoms with van der Waals surface area (Å²) in [5.74, 6) is -2.20. The molecular formula is C26H18F2N2O2S. The van der Waals surface area contributed by atoms with Crippen LogP contribution in [0.15, 0.2) is 60.0 Å². The maximum Gasteiger partial charge on any atom is 0.230 e. The molecule has 3 aromatic carbocycles. The number of allylic oxidation sites excluding steroid dienone is 1. The minimum Gasteiger partial charge on any atom is -0.289 e. The molecule has 0 spiro atoms. The molecular weight excluding hydrogens is 442 g/mol. The van der Waals surface area contributed by atoms with Crippen molar-refractivity contribution in [2.75, 3.05) is 4.90 Å². The molecule has 1 amide bonds. The lowest BCUT2D eigenvalue weighted by atomic mass is 9.97. The number of amides is 1. The number of aryl methyl sites for hydroxylation is 2. The number of thiazole rings is 1. The molecule has 0 radical (unpaired) electrons. The Hall–Kier alpha value is -3.71. The van der Waals surface area contributed by atoms with Gasteiger partial charge in [-0.3, -0.25) is 14.5 Å². The summed E-state index contributed by atoms with van der Waals surface area (Å²) >= 11 is 1.13. The summed E-state index contributed by atoms with van der Waals surface area (Å²) in [5.41, 5.74) is 3.54. The van der Waals surface area contributed by atoms with Crippen molar-refractivity contribution in [1.82, 2.24) is 4.98 Å². The summed E-state index contributed by atoms with van der Waals surface area (Å²) in [6, 6.07) is 12.9. The fourth-order valence-corrected chi connectivity index (χ4v) is 5.09. The van der Waals surface area contributed by atoms with Crippen molar-refractivity contribution in [3.8, 4) is 0 Å². The standard InChI is InChI=1S/C26H18F2N2O2S/c1-15(31)30(23-11-8-18(27)13-22(23)28)26-29-19(14-33-26)9-12-24(32)20-10-7-17-6-5-16-3-2-4-21(20)25(16)17/h2-4,7-14H,5-6H2,1H3/b12-9+. The lowest BCUT2D eigenvalue weighted by molar-refractivity contribution is -0.115. The Bertz CT molecular complexity index is 1450. The number of hydrogen-bond acceptors (Lipinski definition) is 4. The summed E-state index contributed by atoms with van der Waals surface area (Å²) in [6.45, 7) is 1.28. The number of aromatic nitrogens is 1. The molecule has 164 valence electrons. The Labute approximate surface area is 192 Å². The molecule has 4 aromatic rings. The highest BCUT2D eigenvalue weighted by molar-refractivity contribution is 7.14. The van der Waals surface area contributed by atoms with Gasteiger partial charge in [-0.15, -0.1) is 11.3 Å². The van der Waals surface area contributed by atoms with E-state index in [-0.39, 0.29) is 16.6 Å². The van der Waals surface area contributed by atoms with Crippen LogP contribution >= 0.6 is 11.3 Å². The number of carbonyl (C=O) groups excluding carboxylic acids is 2. The molecule has 0 saturated heterocycles. The highest BCUT2D eigenvalue weighted by atomic mass is 32.1. The molecule has 1 aliphatic rings. The van der Waals surface area contributed by atoms with E-state index in [1.807, 2.05) is 24.3 Å². The molecule has 5 rings (SSSR count). The first-order valence-corrected chi connectivity index (χ1v) is 11.3. The van der Waals surface area contributed by atoms with E-state index in [1.165, 1.54) is 35.6 Å². The second-order valence-corrected chi connectivity index (χ2v) is 8.65. The maximum atomic E-state index is 14.3. The second-order valence-electron chi connectivity index (χ2n) is 7.81. The maximum absolute atomic E-state index is 14.3. The van der Waals surface area contributed by atoms with Crippen molar-refractivity contribution in [1.29, 1.82) is 0 Å². The molecule has 1 aromatic heterocycles. The minimum atomic E-state index is -0.861. The Morgan fingerprint density at radius 2 is 1.85 bits per heavy atom. The van der Waals surface area contributed by atoms with Gasteiger partial charge in [-0.2, -0.15) is 0 Å². The fourth-order valence-electron chi connectivity index (χ4n) is 4.24. The molecule has 0 bridgehead atoms. The molecule has 4 nitrogen and oxygen atoms in total. The third-order valence-corrected chi connectivity index (χ3v) is 6.56. The first kappa shape index (κ1) is 21.2. The third kappa shape index (κ3) is 3.85. The van der Waals surface area contributed by atoms with Gasteiger partial charge >= 0.3 is 0 Å². The van der Waals surface area contributed by atoms with E-state index in [2.05, 4.69) is 11.1 Å². The number of anilines is 2. The van der Waals surface area contributed by atoms with Crippen molar-refractivity contribution in [3.05, 3.63) is 94.0 Å². The predicted molar refractivity (Wildman–Crippen MR) is 126 cm³/mol. The monoisotopic (exact) mass is 460 g/mol. The topological polar surface area (TPSA) is 50.3 Å². The highest BCUT2D eigenvalue weighted by Crippen LogP contribution is 2.34. The van der Waals surface area contributed by atoms with Gasteiger partial charge in [0.05, 0.1) is 11.4 Å². The van der Waals surface area contributed by atoms with Gasteiger partial charge in [-0.05, 0) is 59.0 Å². The number of halogens is 2. The van der Waals surface area contributed by atoms with Crippen LogP contribution in [0.4, 0.5) is 19.6 Å². The first-order valence-electron chi connectivity index (χ1n) is 10.4. The average molecular weight is 461 g/mol. The summed E-state index contributed by atoms with van der Waals surface area (Å²) in [6.07, 6.45) is 5.01. The Kier molecular flexibility index (Phi) is 5.34. The summed E-state index contributed by atoms with van der Waals surface area (Å²) in [7, 11) is 0. The van der Waals surface area contributed by atoms with Crippen LogP contribution in [-0.4, -0.2) is 16.7 Å². The fraction of sp³-hybridized carbons (Fsp3) is 0.115. The Morgan fingerprint density at radius 1 is 1.06 bits per heavy atom. The summed E-state index contributed by atoms with van der Waals surface area (Å²) in [4.78, 5) is 30.6. The van der Waals surface area contributed by atoms with E-state index in [0.717, 1.165) is 46.6 Å². The first-order chi connectivity index (χ1) is 15.9. The largest absolute Gasteiger partial charge is 0.289 e. The van der Waals surface area contributed by atoms with E-state index in [1.54, 1.807) is 11.5 Å². The van der Waals surface area contributed by atoms with Crippen molar-refractivity contribution in [2.45, 2.75) is 19.8 Å². The molecule has 0 atom stereocenters. The molecule has 1 aliphatic carbocycles. The van der Waals surface area contributed by atoms with Crippen molar-refractivity contribution < 1.29 is 18.4 Å². The normalized spacial score (nSPS) is 12.6. The van der Waals surface area contributed by atoms with Crippen molar-refractivity contribution >= 4 is 50.7 Å². The third-order valence-electron chi connectivity index (χ3n) is 5.71. The quantitative estimate of drug-likeness (QED) is 0.261. The number of hydrogen-bond donors (Lipinski definition) is 0. The Morgan fingerprint density at radius 3 is 2.61 bits per heavy atom. The number of nitrogens with zero attached hydrogens (tertiary/aromatic N) is 2. The van der Waals surface area contributed by atoms with E-state index in [0.29, 0.717) is 11.3 Å². The van der Waals surface area contributed by atoms with E-state index >= 15 is 0 Å². The van der Waals surface area contributed by atoms with Gasteiger partial charge in [0.2, 0.25) is 5.91 Å². The highest BCUT2D eigenvalue weighted by Gasteiger charge is 2.22. The zero-order chi connectivity index (χ0) is 23.1. The molecule has 0 fully saturated rings. The molecule has 7 heteroatoms. The van der Waals surface area contributed by atoms with Crippen molar-refractivity contribution in [3.63, 3.8) is 0 Å². The zero-order valence-electron chi connectivity index (χ0n) is 17.6. The van der Waals surface area contributed by atoms with Gasteiger partial charge in [0.15, 0.2) is 10.9 Å². The lowest BCUT2D eigenvalue weighted by Gasteiger charge is -2.18. The van der Waals surface area contributed by atoms with Crippen LogP contribution in [0.1, 0.15) is 34.1 Å². The molecule has 0 aliphatic heterocycles. The van der Waals surface area contributed by atoms with Gasteiger partial charge in [-0.25, -0.2) is 13.8 Å². The average Bonchev–Trinajstić information content (AvgIpc) is 3.42. The summed E-state index contributed by atoms with van der Waals surface area (Å²) in [5, 5.41) is 4.02. The van der Waals surface area contributed by atoms with Gasteiger partial charge in [0.1, 0.15) is 11.6 Å². The van der Waals surface area contributed by atoms with Gasteiger partial charge < -0.3 is 0 Å². The Balaban J connectivity index is 1.43. The predicted octanol–water partition coefficient (Wildman–Crippen LogP) is 6.25. The smallest absolute Gasteiger partial charge is 0.230 e. The summed E-state index contributed by atoms with van der Waals surface area (Å²) < 4.78 is 27.6. The van der Waals surface area contributed by atoms with Gasteiger partial charge in [0, 0.05) is 23.9 Å². The lowest BCUT2D eigenvalue weighted by Crippen LogP contribution is -2.23. The van der Waals surface area contributed by atoms with Crippen LogP contribution in [0.3, 0.4) is 0 Å². The molecule has 1 heterocycles. The van der Waals surface area contributed by atoms with Gasteiger partial charge in [0.25, 0.3) is 0 Å². The molecule has 0 saturated carbocycles. The van der Waals surface area contributed by atoms with Crippen LogP contribution in [-0.2, 0) is 17.6 Å². The molecule has 0 N–H and O–H groups in total. The van der Waals surface area contributed by atoms with Crippen LogP contribution in [0.2, 0.25) is 0 Å². The number of benzene rings is 3. The van der Waals surface area contributed by atoms with Crippen molar-refractivity contribution in [2.24, 2.45) is 0 Å². The van der Waals surface area contributed by atoms with Crippen LogP contribution in [0.5, 0.6) is 0 Å². The molecule has 0 unspecified atom stereocenters. The SMILES string of the molecule is CC(=O)N(c1nc(/C=C/C(=O)c2ccc3c4c(cccc24)CC3)cs1)c1ccc(F)cc1F. The van der Waals surface area contributed by atoms with Crippen LogP contribution < -0.4 is 4.90 Å². The number of ketones is 1. The molecule has 33 heavy (non-hydrogen) atoms. The number of carbonyl (C=O) groups is 2. The van der Waals surface area contributed by atoms with Gasteiger partial charge in [-0.1, -0.05) is 30.3 Å². The van der Waals surface area contributed by atoms with E-state index in [9.17, 15) is 18.4 Å². The minimum absolute atomic E-state index is 0.0854. The second kappa shape index (κ2) is 8.33. The van der Waals surface area contributed by atoms with E-state index in [4.69, 9.17) is 0 Å². The van der Waals surface area contributed by atoms with Crippen LogP contribution in [0, 0.1) is 11.6 Å². The van der Waals surface area contributed by atoms with Crippen LogP contribution in [0.25, 0.3) is 16.8 Å². The zero-order valence-corrected chi connectivity index (χ0v) is 18.5.